The van der Waals surface area contributed by atoms with Gasteiger partial charge in [0.2, 0.25) is 5.91 Å². The molecule has 0 saturated carbocycles. The summed E-state index contributed by atoms with van der Waals surface area (Å²) in [5, 5.41) is 6.28. The normalized spacial score (nSPS) is 11.3. The zero-order chi connectivity index (χ0) is 14.3. The standard InChI is InChI=1S/C14H26N4O/c1-11(2)7-17-14(19)5-6-18-10-15-8-13(18)9-16-12(3)4/h8,10-12,16H,5-7,9H2,1-4H3,(H,17,19). The Morgan fingerprint density at radius 1 is 1.37 bits per heavy atom. The first-order valence-electron chi connectivity index (χ1n) is 6.98. The molecule has 0 bridgehead atoms. The first-order valence-corrected chi connectivity index (χ1v) is 6.98. The maximum Gasteiger partial charge on any atom is 0.221 e. The number of nitrogens with one attached hydrogen (secondary N) is 2. The summed E-state index contributed by atoms with van der Waals surface area (Å²) in [6.07, 6.45) is 4.13. The van der Waals surface area contributed by atoms with Gasteiger partial charge in [-0.25, -0.2) is 4.98 Å². The molecule has 0 radical (unpaired) electrons. The second kappa shape index (κ2) is 7.94. The molecule has 0 atom stereocenters. The number of amides is 1. The van der Waals surface area contributed by atoms with Crippen molar-refractivity contribution in [2.75, 3.05) is 6.54 Å². The first-order chi connectivity index (χ1) is 8.99. The van der Waals surface area contributed by atoms with E-state index in [2.05, 4.69) is 43.3 Å². The van der Waals surface area contributed by atoms with Crippen LogP contribution in [-0.4, -0.2) is 28.0 Å². The average Bonchev–Trinajstić information content (AvgIpc) is 2.78. The second-order valence-corrected chi connectivity index (χ2v) is 5.56. The van der Waals surface area contributed by atoms with Crippen LogP contribution in [0, 0.1) is 5.92 Å². The highest BCUT2D eigenvalue weighted by Gasteiger charge is 2.06. The molecule has 2 N–H and O–H groups in total. The van der Waals surface area contributed by atoms with Crippen molar-refractivity contribution in [1.82, 2.24) is 20.2 Å². The minimum Gasteiger partial charge on any atom is -0.356 e. The summed E-state index contributed by atoms with van der Waals surface area (Å²) in [6, 6.07) is 0.442. The van der Waals surface area contributed by atoms with Gasteiger partial charge in [0.05, 0.1) is 12.0 Å². The highest BCUT2D eigenvalue weighted by molar-refractivity contribution is 5.75. The highest BCUT2D eigenvalue weighted by atomic mass is 16.1. The molecule has 1 rings (SSSR count). The molecule has 0 aliphatic heterocycles. The molecule has 0 aliphatic carbocycles. The fourth-order valence-corrected chi connectivity index (χ4v) is 1.63. The van der Waals surface area contributed by atoms with Gasteiger partial charge in [0, 0.05) is 38.3 Å². The molecule has 1 heterocycles. The minimum atomic E-state index is 0.102. The molecule has 5 nitrogen and oxygen atoms in total. The molecular formula is C14H26N4O. The molecule has 5 heteroatoms. The summed E-state index contributed by atoms with van der Waals surface area (Å²) in [7, 11) is 0. The largest absolute Gasteiger partial charge is 0.356 e. The van der Waals surface area contributed by atoms with E-state index in [1.165, 1.54) is 0 Å². The van der Waals surface area contributed by atoms with Crippen LogP contribution in [-0.2, 0) is 17.9 Å². The lowest BCUT2D eigenvalue weighted by Gasteiger charge is -2.11. The van der Waals surface area contributed by atoms with Gasteiger partial charge >= 0.3 is 0 Å². The lowest BCUT2D eigenvalue weighted by atomic mass is 10.2. The Hall–Kier alpha value is -1.36. The quantitative estimate of drug-likeness (QED) is 0.750. The number of aryl methyl sites for hydroxylation is 1. The van der Waals surface area contributed by atoms with Crippen LogP contribution >= 0.6 is 0 Å². The minimum absolute atomic E-state index is 0.102. The van der Waals surface area contributed by atoms with E-state index in [0.717, 1.165) is 18.8 Å². The average molecular weight is 266 g/mol. The van der Waals surface area contributed by atoms with Gasteiger partial charge in [0.1, 0.15) is 0 Å². The molecule has 0 saturated heterocycles. The second-order valence-electron chi connectivity index (χ2n) is 5.56. The van der Waals surface area contributed by atoms with Crippen LogP contribution in [0.25, 0.3) is 0 Å². The zero-order valence-corrected chi connectivity index (χ0v) is 12.4. The van der Waals surface area contributed by atoms with Gasteiger partial charge in [0.15, 0.2) is 0 Å². The van der Waals surface area contributed by atoms with E-state index < -0.39 is 0 Å². The SMILES string of the molecule is CC(C)CNC(=O)CCn1cncc1CNC(C)C. The van der Waals surface area contributed by atoms with Crippen molar-refractivity contribution in [3.63, 3.8) is 0 Å². The Morgan fingerprint density at radius 2 is 2.11 bits per heavy atom. The first kappa shape index (κ1) is 15.7. The fraction of sp³-hybridized carbons (Fsp3) is 0.714. The van der Waals surface area contributed by atoms with Gasteiger partial charge in [-0.1, -0.05) is 27.7 Å². The number of nitrogens with zero attached hydrogens (tertiary/aromatic N) is 2. The Morgan fingerprint density at radius 3 is 2.74 bits per heavy atom. The number of carbonyl (C=O) groups excluding carboxylic acids is 1. The lowest BCUT2D eigenvalue weighted by molar-refractivity contribution is -0.121. The number of rotatable bonds is 8. The number of hydrogen-bond donors (Lipinski definition) is 2. The Balaban J connectivity index is 2.36. The summed E-state index contributed by atoms with van der Waals surface area (Å²) in [4.78, 5) is 15.8. The van der Waals surface area contributed by atoms with Crippen LogP contribution < -0.4 is 10.6 Å². The number of imidazole rings is 1. The molecule has 0 unspecified atom stereocenters. The third kappa shape index (κ3) is 6.38. The molecule has 108 valence electrons. The predicted molar refractivity (Wildman–Crippen MR) is 76.7 cm³/mol. The molecule has 0 aromatic carbocycles. The van der Waals surface area contributed by atoms with Crippen LogP contribution in [0.4, 0.5) is 0 Å². The van der Waals surface area contributed by atoms with E-state index in [1.54, 1.807) is 6.33 Å². The van der Waals surface area contributed by atoms with Crippen molar-refractivity contribution in [2.24, 2.45) is 5.92 Å². The van der Waals surface area contributed by atoms with Gasteiger partial charge in [0.25, 0.3) is 0 Å². The van der Waals surface area contributed by atoms with Gasteiger partial charge in [-0.05, 0) is 5.92 Å². The van der Waals surface area contributed by atoms with Crippen molar-refractivity contribution in [3.8, 4) is 0 Å². The summed E-state index contributed by atoms with van der Waals surface area (Å²) in [6.45, 7) is 10.6. The van der Waals surface area contributed by atoms with Crippen LogP contribution in [0.15, 0.2) is 12.5 Å². The molecule has 0 fully saturated rings. The molecule has 0 aliphatic rings. The maximum absolute atomic E-state index is 11.7. The van der Waals surface area contributed by atoms with Gasteiger partial charge in [-0.15, -0.1) is 0 Å². The highest BCUT2D eigenvalue weighted by Crippen LogP contribution is 2.01. The monoisotopic (exact) mass is 266 g/mol. The van der Waals surface area contributed by atoms with E-state index in [1.807, 2.05) is 10.8 Å². The summed E-state index contributed by atoms with van der Waals surface area (Å²) < 4.78 is 2.03. The van der Waals surface area contributed by atoms with E-state index in [0.29, 0.717) is 24.9 Å². The van der Waals surface area contributed by atoms with Gasteiger partial charge in [-0.3, -0.25) is 4.79 Å². The van der Waals surface area contributed by atoms with Crippen molar-refractivity contribution in [2.45, 2.75) is 53.2 Å². The summed E-state index contributed by atoms with van der Waals surface area (Å²) >= 11 is 0. The Labute approximate surface area is 115 Å². The van der Waals surface area contributed by atoms with Gasteiger partial charge < -0.3 is 15.2 Å². The van der Waals surface area contributed by atoms with E-state index >= 15 is 0 Å². The van der Waals surface area contributed by atoms with Crippen molar-refractivity contribution in [1.29, 1.82) is 0 Å². The summed E-state index contributed by atoms with van der Waals surface area (Å²) in [5.74, 6) is 0.591. The van der Waals surface area contributed by atoms with E-state index in [9.17, 15) is 4.79 Å². The molecule has 0 spiro atoms. The van der Waals surface area contributed by atoms with Crippen molar-refractivity contribution in [3.05, 3.63) is 18.2 Å². The number of aromatic nitrogens is 2. The third-order valence-corrected chi connectivity index (χ3v) is 2.78. The van der Waals surface area contributed by atoms with Crippen LogP contribution in [0.2, 0.25) is 0 Å². The maximum atomic E-state index is 11.7. The predicted octanol–water partition coefficient (Wildman–Crippen LogP) is 1.54. The smallest absolute Gasteiger partial charge is 0.221 e. The molecule has 1 aromatic heterocycles. The van der Waals surface area contributed by atoms with Gasteiger partial charge in [-0.2, -0.15) is 0 Å². The molecule has 19 heavy (non-hydrogen) atoms. The van der Waals surface area contributed by atoms with E-state index in [-0.39, 0.29) is 5.91 Å². The van der Waals surface area contributed by atoms with Crippen LogP contribution in [0.1, 0.15) is 39.8 Å². The Bertz CT molecular complexity index is 385. The molecule has 1 aromatic rings. The van der Waals surface area contributed by atoms with Crippen molar-refractivity contribution >= 4 is 5.91 Å². The van der Waals surface area contributed by atoms with E-state index in [4.69, 9.17) is 0 Å². The third-order valence-electron chi connectivity index (χ3n) is 2.78. The van der Waals surface area contributed by atoms with Crippen molar-refractivity contribution < 1.29 is 4.79 Å². The molecular weight excluding hydrogens is 240 g/mol. The Kier molecular flexibility index (Phi) is 6.56. The summed E-state index contributed by atoms with van der Waals surface area (Å²) in [5.41, 5.74) is 1.12. The topological polar surface area (TPSA) is 59.0 Å². The molecule has 1 amide bonds. The lowest BCUT2D eigenvalue weighted by Crippen LogP contribution is -2.28. The number of carbonyl (C=O) groups is 1. The van der Waals surface area contributed by atoms with Crippen LogP contribution in [0.3, 0.4) is 0 Å². The fourth-order valence-electron chi connectivity index (χ4n) is 1.63. The van der Waals surface area contributed by atoms with Crippen LogP contribution in [0.5, 0.6) is 0 Å². The zero-order valence-electron chi connectivity index (χ0n) is 12.4. The number of hydrogen-bond acceptors (Lipinski definition) is 3.